The first-order chi connectivity index (χ1) is 31.0. The quantitative estimate of drug-likeness (QED) is 0.0262. The number of esters is 3. The van der Waals surface area contributed by atoms with E-state index >= 15 is 0 Å². The molecule has 0 aliphatic heterocycles. The van der Waals surface area contributed by atoms with Crippen molar-refractivity contribution < 1.29 is 28.6 Å². The lowest BCUT2D eigenvalue weighted by Crippen LogP contribution is -2.30. The molecule has 0 N–H and O–H groups in total. The van der Waals surface area contributed by atoms with Gasteiger partial charge < -0.3 is 14.2 Å². The van der Waals surface area contributed by atoms with E-state index in [0.717, 1.165) is 77.0 Å². The predicted octanol–water partition coefficient (Wildman–Crippen LogP) is 17.4. The number of unbranched alkanes of at least 4 members (excludes halogenated alkanes) is 24. The van der Waals surface area contributed by atoms with Gasteiger partial charge in [0.15, 0.2) is 6.10 Å². The standard InChI is InChI=1S/C57H98O6/c1-4-7-10-13-16-19-22-25-26-27-28-29-30-33-36-39-42-45-48-51-57(60)63-54(52-61-55(58)49-46-43-40-37-34-31-23-20-17-14-11-8-5-2)53-62-56(59)50-47-44-41-38-35-32-24-21-18-15-12-9-6-3/h16,19-20,23,25-26,28-29,33,36,42,45,54H,4-15,17-18,21-22,24,27,30-32,34-35,37-41,43-44,46-53H2,1-3H3/b19-16-,23-20-,26-25-,29-28-,36-33-,45-42-/t54-/m1/s1. The molecule has 0 heterocycles. The van der Waals surface area contributed by atoms with Crippen molar-refractivity contribution in [3.8, 4) is 0 Å². The molecular weight excluding hydrogens is 781 g/mol. The molecule has 0 bridgehead atoms. The third-order valence-electron chi connectivity index (χ3n) is 11.2. The highest BCUT2D eigenvalue weighted by Gasteiger charge is 2.19. The summed E-state index contributed by atoms with van der Waals surface area (Å²) in [6, 6.07) is 0. The van der Waals surface area contributed by atoms with E-state index in [0.29, 0.717) is 19.3 Å². The number of carbonyl (C=O) groups excluding carboxylic acids is 3. The Hall–Kier alpha value is -3.15. The molecule has 63 heavy (non-hydrogen) atoms. The van der Waals surface area contributed by atoms with Crippen molar-refractivity contribution in [3.05, 3.63) is 72.9 Å². The summed E-state index contributed by atoms with van der Waals surface area (Å²) in [4.78, 5) is 37.9. The van der Waals surface area contributed by atoms with Crippen LogP contribution in [-0.4, -0.2) is 37.2 Å². The van der Waals surface area contributed by atoms with Gasteiger partial charge in [-0.1, -0.05) is 222 Å². The minimum Gasteiger partial charge on any atom is -0.462 e. The van der Waals surface area contributed by atoms with Crippen LogP contribution in [0.25, 0.3) is 0 Å². The Bertz CT molecular complexity index is 1190. The minimum absolute atomic E-state index is 0.106. The second kappa shape index (κ2) is 51.5. The van der Waals surface area contributed by atoms with Crippen LogP contribution in [0.2, 0.25) is 0 Å². The molecule has 0 aromatic carbocycles. The summed E-state index contributed by atoms with van der Waals surface area (Å²) in [7, 11) is 0. The second-order valence-corrected chi connectivity index (χ2v) is 17.4. The minimum atomic E-state index is -0.815. The second-order valence-electron chi connectivity index (χ2n) is 17.4. The number of rotatable bonds is 47. The number of allylic oxidation sites excluding steroid dienone is 12. The zero-order chi connectivity index (χ0) is 45.8. The molecule has 0 fully saturated rings. The molecule has 0 aliphatic rings. The molecule has 362 valence electrons. The van der Waals surface area contributed by atoms with E-state index in [1.165, 1.54) is 128 Å². The zero-order valence-electron chi connectivity index (χ0n) is 41.3. The van der Waals surface area contributed by atoms with E-state index in [1.807, 2.05) is 6.08 Å². The normalized spacial score (nSPS) is 12.6. The highest BCUT2D eigenvalue weighted by atomic mass is 16.6. The summed E-state index contributed by atoms with van der Waals surface area (Å²) < 4.78 is 16.7. The van der Waals surface area contributed by atoms with Crippen molar-refractivity contribution in [2.75, 3.05) is 13.2 Å². The highest BCUT2D eigenvalue weighted by Crippen LogP contribution is 2.14. The third-order valence-corrected chi connectivity index (χ3v) is 11.2. The van der Waals surface area contributed by atoms with Crippen LogP contribution in [0.3, 0.4) is 0 Å². The number of hydrogen-bond acceptors (Lipinski definition) is 6. The van der Waals surface area contributed by atoms with Crippen LogP contribution in [0.5, 0.6) is 0 Å². The number of ether oxygens (including phenoxy) is 3. The zero-order valence-corrected chi connectivity index (χ0v) is 41.3. The van der Waals surface area contributed by atoms with E-state index in [9.17, 15) is 14.4 Å². The summed E-state index contributed by atoms with van der Waals surface area (Å²) in [6.45, 7) is 6.53. The maximum absolute atomic E-state index is 12.8. The Morgan fingerprint density at radius 2 is 0.603 bits per heavy atom. The Morgan fingerprint density at radius 1 is 0.317 bits per heavy atom. The van der Waals surface area contributed by atoms with Gasteiger partial charge in [-0.2, -0.15) is 0 Å². The van der Waals surface area contributed by atoms with Crippen molar-refractivity contribution in [3.63, 3.8) is 0 Å². The van der Waals surface area contributed by atoms with Gasteiger partial charge in [0, 0.05) is 19.3 Å². The fraction of sp³-hybridized carbons (Fsp3) is 0.737. The lowest BCUT2D eigenvalue weighted by atomic mass is 10.0. The van der Waals surface area contributed by atoms with E-state index in [1.54, 1.807) is 0 Å². The van der Waals surface area contributed by atoms with Gasteiger partial charge in [0.1, 0.15) is 13.2 Å². The van der Waals surface area contributed by atoms with Crippen molar-refractivity contribution in [1.82, 2.24) is 0 Å². The van der Waals surface area contributed by atoms with Gasteiger partial charge in [-0.15, -0.1) is 0 Å². The fourth-order valence-electron chi connectivity index (χ4n) is 7.18. The first kappa shape index (κ1) is 59.9. The maximum Gasteiger partial charge on any atom is 0.306 e. The van der Waals surface area contributed by atoms with Crippen molar-refractivity contribution in [1.29, 1.82) is 0 Å². The lowest BCUT2D eigenvalue weighted by molar-refractivity contribution is -0.166. The van der Waals surface area contributed by atoms with Gasteiger partial charge in [0.25, 0.3) is 0 Å². The molecule has 6 nitrogen and oxygen atoms in total. The lowest BCUT2D eigenvalue weighted by Gasteiger charge is -2.18. The smallest absolute Gasteiger partial charge is 0.306 e. The molecule has 6 heteroatoms. The number of hydrogen-bond donors (Lipinski definition) is 0. The van der Waals surface area contributed by atoms with Crippen LogP contribution < -0.4 is 0 Å². The molecule has 0 amide bonds. The van der Waals surface area contributed by atoms with Gasteiger partial charge in [-0.3, -0.25) is 14.4 Å². The van der Waals surface area contributed by atoms with Crippen LogP contribution in [0, 0.1) is 0 Å². The molecule has 0 rings (SSSR count). The van der Waals surface area contributed by atoms with Crippen molar-refractivity contribution in [2.45, 2.75) is 258 Å². The highest BCUT2D eigenvalue weighted by molar-refractivity contribution is 5.71. The molecule has 0 radical (unpaired) electrons. The fourth-order valence-corrected chi connectivity index (χ4v) is 7.18. The largest absolute Gasteiger partial charge is 0.462 e. The molecule has 0 aliphatic carbocycles. The molecule has 0 saturated heterocycles. The molecular formula is C57H98O6. The van der Waals surface area contributed by atoms with Crippen molar-refractivity contribution in [2.24, 2.45) is 0 Å². The van der Waals surface area contributed by atoms with Crippen LogP contribution >= 0.6 is 0 Å². The monoisotopic (exact) mass is 879 g/mol. The van der Waals surface area contributed by atoms with Gasteiger partial charge in [-0.25, -0.2) is 0 Å². The Morgan fingerprint density at radius 3 is 1.02 bits per heavy atom. The van der Waals surface area contributed by atoms with Crippen molar-refractivity contribution >= 4 is 17.9 Å². The van der Waals surface area contributed by atoms with E-state index in [-0.39, 0.29) is 31.6 Å². The summed E-state index contributed by atoms with van der Waals surface area (Å²) in [5, 5.41) is 0. The van der Waals surface area contributed by atoms with Crippen LogP contribution in [0.15, 0.2) is 72.9 Å². The van der Waals surface area contributed by atoms with Gasteiger partial charge in [0.2, 0.25) is 0 Å². The molecule has 0 unspecified atom stereocenters. The molecule has 1 atom stereocenters. The van der Waals surface area contributed by atoms with Crippen LogP contribution in [0.4, 0.5) is 0 Å². The summed E-state index contributed by atoms with van der Waals surface area (Å²) >= 11 is 0. The van der Waals surface area contributed by atoms with Crippen LogP contribution in [0.1, 0.15) is 252 Å². The Kier molecular flexibility index (Phi) is 48.9. The molecule has 0 spiro atoms. The molecule has 0 saturated carbocycles. The average Bonchev–Trinajstić information content (AvgIpc) is 3.28. The van der Waals surface area contributed by atoms with Gasteiger partial charge in [-0.05, 0) is 83.5 Å². The average molecular weight is 879 g/mol. The van der Waals surface area contributed by atoms with E-state index in [2.05, 4.69) is 87.6 Å². The van der Waals surface area contributed by atoms with E-state index < -0.39 is 12.1 Å². The SMILES string of the molecule is CCCCC/C=C\C/C=C\C/C=C\C/C=C\C/C=C\CCC(=O)O[C@H](COC(=O)CCCCCCC/C=C\CCCCCC)COC(=O)CCCCCCCCCCCCCCC. The summed E-state index contributed by atoms with van der Waals surface area (Å²) in [5.74, 6) is -0.995. The van der Waals surface area contributed by atoms with Gasteiger partial charge in [0.05, 0.1) is 0 Å². The van der Waals surface area contributed by atoms with Crippen LogP contribution in [-0.2, 0) is 28.6 Å². The molecule has 0 aromatic rings. The first-order valence-electron chi connectivity index (χ1n) is 26.4. The Labute approximate surface area is 389 Å². The maximum atomic E-state index is 12.8. The first-order valence-corrected chi connectivity index (χ1v) is 26.4. The summed E-state index contributed by atoms with van der Waals surface area (Å²) in [6.07, 6.45) is 64.6. The van der Waals surface area contributed by atoms with Gasteiger partial charge >= 0.3 is 17.9 Å². The topological polar surface area (TPSA) is 78.9 Å². The van der Waals surface area contributed by atoms with E-state index in [4.69, 9.17) is 14.2 Å². The third kappa shape index (κ3) is 49.7. The summed E-state index contributed by atoms with van der Waals surface area (Å²) in [5.41, 5.74) is 0. The number of carbonyl (C=O) groups is 3. The predicted molar refractivity (Wildman–Crippen MR) is 270 cm³/mol. The molecule has 0 aromatic heterocycles. The Balaban J connectivity index is 4.50.